The van der Waals surface area contributed by atoms with Gasteiger partial charge in [-0.15, -0.1) is 0 Å². The second kappa shape index (κ2) is 11.1. The molecule has 0 radical (unpaired) electrons. The molecule has 6 nitrogen and oxygen atoms in total. The van der Waals surface area contributed by atoms with E-state index in [1.54, 1.807) is 0 Å². The van der Waals surface area contributed by atoms with Crippen molar-refractivity contribution in [3.8, 4) is 11.4 Å². The average molecular weight is 450 g/mol. The Morgan fingerprint density at radius 3 is 2.42 bits per heavy atom. The summed E-state index contributed by atoms with van der Waals surface area (Å²) in [6.07, 6.45) is 4.96. The van der Waals surface area contributed by atoms with Crippen molar-refractivity contribution >= 4 is 11.7 Å². The second-order valence-electron chi connectivity index (χ2n) is 9.34. The van der Waals surface area contributed by atoms with Gasteiger partial charge < -0.3 is 14.7 Å². The molecule has 1 saturated heterocycles. The molecule has 2 aliphatic heterocycles. The van der Waals surface area contributed by atoms with E-state index in [1.165, 1.54) is 0 Å². The molecule has 2 aliphatic rings. The summed E-state index contributed by atoms with van der Waals surface area (Å²) in [5.41, 5.74) is 3.32. The first-order valence-electron chi connectivity index (χ1n) is 12.9. The minimum atomic E-state index is 0.132. The van der Waals surface area contributed by atoms with Crippen molar-refractivity contribution in [1.82, 2.24) is 19.8 Å². The van der Waals surface area contributed by atoms with Crippen LogP contribution in [-0.2, 0) is 17.8 Å². The quantitative estimate of drug-likeness (QED) is 0.598. The molecule has 0 bridgehead atoms. The molecular weight excluding hydrogens is 410 g/mol. The number of piperazine rings is 1. The van der Waals surface area contributed by atoms with Gasteiger partial charge in [-0.1, -0.05) is 63.9 Å². The number of hydrogen-bond acceptors (Lipinski definition) is 5. The smallest absolute Gasteiger partial charge is 0.225 e. The third kappa shape index (κ3) is 5.37. The van der Waals surface area contributed by atoms with Crippen molar-refractivity contribution in [1.29, 1.82) is 0 Å². The molecule has 3 heterocycles. The van der Waals surface area contributed by atoms with Gasteiger partial charge in [0.05, 0.1) is 12.2 Å². The minimum absolute atomic E-state index is 0.132. The number of carbonyl (C=O) groups is 1. The summed E-state index contributed by atoms with van der Waals surface area (Å²) in [6.45, 7) is 13.1. The summed E-state index contributed by atoms with van der Waals surface area (Å²) in [5, 5.41) is 0. The van der Waals surface area contributed by atoms with Gasteiger partial charge in [0.25, 0.3) is 0 Å². The fourth-order valence-electron chi connectivity index (χ4n) is 5.05. The fourth-order valence-corrected chi connectivity index (χ4v) is 5.05. The van der Waals surface area contributed by atoms with E-state index in [-0.39, 0.29) is 5.92 Å². The lowest BCUT2D eigenvalue weighted by molar-refractivity contribution is -0.136. The normalized spacial score (nSPS) is 17.7. The highest BCUT2D eigenvalue weighted by Crippen LogP contribution is 2.31. The monoisotopic (exact) mass is 449 g/mol. The molecule has 33 heavy (non-hydrogen) atoms. The molecule has 1 unspecified atom stereocenters. The highest BCUT2D eigenvalue weighted by molar-refractivity contribution is 5.79. The van der Waals surface area contributed by atoms with E-state index in [4.69, 9.17) is 9.97 Å². The van der Waals surface area contributed by atoms with Crippen molar-refractivity contribution < 1.29 is 4.79 Å². The number of likely N-dealkylation sites (N-methyl/N-ethyl adjacent to an activating group) is 1. The molecule has 6 heteroatoms. The Balaban J connectivity index is 1.64. The van der Waals surface area contributed by atoms with Gasteiger partial charge in [-0.3, -0.25) is 4.79 Å². The van der Waals surface area contributed by atoms with Crippen LogP contribution >= 0.6 is 0 Å². The van der Waals surface area contributed by atoms with Crippen LogP contribution in [0.3, 0.4) is 0 Å². The van der Waals surface area contributed by atoms with Crippen LogP contribution in [0.4, 0.5) is 5.82 Å². The average Bonchev–Trinajstić information content (AvgIpc) is 2.88. The zero-order chi connectivity index (χ0) is 23.2. The van der Waals surface area contributed by atoms with Gasteiger partial charge in [-0.25, -0.2) is 9.97 Å². The first-order chi connectivity index (χ1) is 16.1. The van der Waals surface area contributed by atoms with Crippen molar-refractivity contribution in [3.63, 3.8) is 0 Å². The van der Waals surface area contributed by atoms with Crippen LogP contribution in [0.25, 0.3) is 11.4 Å². The summed E-state index contributed by atoms with van der Waals surface area (Å²) in [7, 11) is 0. The molecular formula is C27H39N5O. The van der Waals surface area contributed by atoms with Crippen molar-refractivity contribution in [2.45, 2.75) is 59.4 Å². The maximum Gasteiger partial charge on any atom is 0.225 e. The summed E-state index contributed by atoms with van der Waals surface area (Å²) in [4.78, 5) is 30.4. The van der Waals surface area contributed by atoms with E-state index >= 15 is 0 Å². The molecule has 0 aliphatic carbocycles. The third-order valence-corrected chi connectivity index (χ3v) is 7.25. The number of amides is 1. The maximum atomic E-state index is 13.4. The minimum Gasteiger partial charge on any atom is -0.354 e. The molecule has 1 amide bonds. The Hall–Kier alpha value is -2.47. The molecule has 1 fully saturated rings. The molecule has 1 atom stereocenters. The van der Waals surface area contributed by atoms with E-state index in [9.17, 15) is 4.79 Å². The maximum absolute atomic E-state index is 13.4. The van der Waals surface area contributed by atoms with Crippen LogP contribution in [-0.4, -0.2) is 64.9 Å². The largest absolute Gasteiger partial charge is 0.354 e. The van der Waals surface area contributed by atoms with E-state index < -0.39 is 0 Å². The Morgan fingerprint density at radius 2 is 1.76 bits per heavy atom. The van der Waals surface area contributed by atoms with E-state index in [1.807, 2.05) is 18.2 Å². The number of unbranched alkanes of at least 4 members (excludes halogenated alkanes) is 1. The Morgan fingerprint density at radius 1 is 1.00 bits per heavy atom. The highest BCUT2D eigenvalue weighted by atomic mass is 16.2. The van der Waals surface area contributed by atoms with Crippen molar-refractivity contribution in [3.05, 3.63) is 41.6 Å². The number of rotatable bonds is 8. The second-order valence-corrected chi connectivity index (χ2v) is 9.34. The van der Waals surface area contributed by atoms with Crippen LogP contribution in [0.1, 0.15) is 57.7 Å². The zero-order valence-electron chi connectivity index (χ0n) is 20.6. The van der Waals surface area contributed by atoms with Gasteiger partial charge in [0, 0.05) is 56.2 Å². The number of anilines is 1. The molecule has 4 rings (SSSR count). The van der Waals surface area contributed by atoms with Crippen LogP contribution in [0.2, 0.25) is 0 Å². The predicted molar refractivity (Wildman–Crippen MR) is 134 cm³/mol. The molecule has 1 aromatic carbocycles. The number of carbonyl (C=O) groups excluding carboxylic acids is 1. The van der Waals surface area contributed by atoms with Crippen LogP contribution < -0.4 is 4.90 Å². The van der Waals surface area contributed by atoms with E-state index in [0.717, 1.165) is 99.8 Å². The molecule has 2 aromatic rings. The molecule has 1 aromatic heterocycles. The first kappa shape index (κ1) is 23.7. The predicted octanol–water partition coefficient (Wildman–Crippen LogP) is 4.39. The summed E-state index contributed by atoms with van der Waals surface area (Å²) >= 11 is 0. The van der Waals surface area contributed by atoms with Crippen molar-refractivity contribution in [2.75, 3.05) is 44.2 Å². The zero-order valence-corrected chi connectivity index (χ0v) is 20.6. The van der Waals surface area contributed by atoms with E-state index in [0.29, 0.717) is 12.5 Å². The fraction of sp³-hybridized carbons (Fsp3) is 0.593. The molecule has 0 N–H and O–H groups in total. The van der Waals surface area contributed by atoms with Crippen molar-refractivity contribution in [2.24, 2.45) is 5.92 Å². The summed E-state index contributed by atoms with van der Waals surface area (Å²) in [6, 6.07) is 10.3. The van der Waals surface area contributed by atoms with Crippen LogP contribution in [0.15, 0.2) is 30.3 Å². The standard InChI is InChI=1S/C27H39N5O/c1-4-7-11-21(5-2)27(33)32-15-14-24-23(20-32)26(31-18-16-30(6-3)17-19-31)29-25(28-24)22-12-9-8-10-13-22/h8-10,12-13,21H,4-7,11,14-20H2,1-3H3. The Labute approximate surface area is 199 Å². The number of hydrogen-bond donors (Lipinski definition) is 0. The lowest BCUT2D eigenvalue weighted by atomic mass is 9.96. The van der Waals surface area contributed by atoms with Crippen LogP contribution in [0, 0.1) is 5.92 Å². The molecule has 0 saturated carbocycles. The first-order valence-corrected chi connectivity index (χ1v) is 12.9. The SMILES string of the molecule is CCCCC(CC)C(=O)N1CCc2nc(-c3ccccc3)nc(N3CCN(CC)CC3)c2C1. The molecule has 0 spiro atoms. The van der Waals surface area contributed by atoms with Gasteiger partial charge >= 0.3 is 0 Å². The number of fused-ring (bicyclic) bond motifs is 1. The topological polar surface area (TPSA) is 52.6 Å². The lowest BCUT2D eigenvalue weighted by Gasteiger charge is -2.38. The van der Waals surface area contributed by atoms with E-state index in [2.05, 4.69) is 47.6 Å². The van der Waals surface area contributed by atoms with Gasteiger partial charge in [0.1, 0.15) is 5.82 Å². The number of benzene rings is 1. The Kier molecular flexibility index (Phi) is 7.97. The van der Waals surface area contributed by atoms with Gasteiger partial charge in [0.2, 0.25) is 5.91 Å². The number of aromatic nitrogens is 2. The molecule has 178 valence electrons. The Bertz CT molecular complexity index is 924. The summed E-state index contributed by atoms with van der Waals surface area (Å²) < 4.78 is 0. The number of nitrogens with zero attached hydrogens (tertiary/aromatic N) is 5. The highest BCUT2D eigenvalue weighted by Gasteiger charge is 2.31. The van der Waals surface area contributed by atoms with Gasteiger partial charge in [-0.05, 0) is 19.4 Å². The third-order valence-electron chi connectivity index (χ3n) is 7.25. The van der Waals surface area contributed by atoms with Gasteiger partial charge in [0.15, 0.2) is 5.82 Å². The lowest BCUT2D eigenvalue weighted by Crippen LogP contribution is -2.47. The summed E-state index contributed by atoms with van der Waals surface area (Å²) in [5.74, 6) is 2.28. The van der Waals surface area contributed by atoms with Crippen LogP contribution in [0.5, 0.6) is 0 Å². The van der Waals surface area contributed by atoms with Gasteiger partial charge in [-0.2, -0.15) is 0 Å².